The molecule has 0 aliphatic carbocycles. The van der Waals surface area contributed by atoms with Crippen molar-refractivity contribution in [3.05, 3.63) is 72.3 Å². The molecule has 0 atom stereocenters. The van der Waals surface area contributed by atoms with Crippen molar-refractivity contribution in [3.8, 4) is 5.75 Å². The van der Waals surface area contributed by atoms with Crippen LogP contribution >= 0.6 is 0 Å². The molecule has 0 fully saturated rings. The number of rotatable bonds is 9. The van der Waals surface area contributed by atoms with Gasteiger partial charge in [0.1, 0.15) is 5.75 Å². The lowest BCUT2D eigenvalue weighted by atomic mass is 10.1. The van der Waals surface area contributed by atoms with Gasteiger partial charge in [-0.2, -0.15) is 8.78 Å². The predicted molar refractivity (Wildman–Crippen MR) is 101 cm³/mol. The van der Waals surface area contributed by atoms with Crippen molar-refractivity contribution >= 4 is 15.9 Å². The Morgan fingerprint density at radius 1 is 1.18 bits per heavy atom. The highest BCUT2D eigenvalue weighted by Gasteiger charge is 2.16. The van der Waals surface area contributed by atoms with Gasteiger partial charge in [0.25, 0.3) is 5.91 Å². The minimum Gasteiger partial charge on any atom is -0.435 e. The topological polar surface area (TPSA) is 75.7 Å². The second-order valence-electron chi connectivity index (χ2n) is 5.85. The number of benzene rings is 2. The molecule has 0 heterocycles. The third-order valence-electron chi connectivity index (χ3n) is 3.74. The molecule has 0 aromatic heterocycles. The molecule has 2 aromatic carbocycles. The van der Waals surface area contributed by atoms with E-state index in [1.165, 1.54) is 47.4 Å². The Balaban J connectivity index is 2.03. The molecule has 2 aromatic rings. The second kappa shape index (κ2) is 9.43. The summed E-state index contributed by atoms with van der Waals surface area (Å²) in [6, 6.07) is 11.5. The zero-order valence-corrected chi connectivity index (χ0v) is 16.0. The van der Waals surface area contributed by atoms with Gasteiger partial charge in [0.05, 0.1) is 4.90 Å². The van der Waals surface area contributed by atoms with Crippen molar-refractivity contribution in [2.24, 2.45) is 0 Å². The molecule has 28 heavy (non-hydrogen) atoms. The van der Waals surface area contributed by atoms with Crippen LogP contribution in [0.1, 0.15) is 15.9 Å². The number of ether oxygens (including phenoxy) is 1. The molecule has 9 heteroatoms. The van der Waals surface area contributed by atoms with Crippen LogP contribution in [0.3, 0.4) is 0 Å². The van der Waals surface area contributed by atoms with Crippen molar-refractivity contribution < 1.29 is 26.7 Å². The smallest absolute Gasteiger partial charge is 0.387 e. The van der Waals surface area contributed by atoms with Gasteiger partial charge in [0, 0.05) is 25.7 Å². The van der Waals surface area contributed by atoms with Crippen molar-refractivity contribution in [3.63, 3.8) is 0 Å². The number of amides is 1. The van der Waals surface area contributed by atoms with E-state index in [4.69, 9.17) is 0 Å². The summed E-state index contributed by atoms with van der Waals surface area (Å²) >= 11 is 0. The van der Waals surface area contributed by atoms with E-state index >= 15 is 0 Å². The normalized spacial score (nSPS) is 11.3. The van der Waals surface area contributed by atoms with Gasteiger partial charge >= 0.3 is 6.61 Å². The van der Waals surface area contributed by atoms with Gasteiger partial charge in [-0.3, -0.25) is 4.79 Å². The first-order chi connectivity index (χ1) is 13.2. The van der Waals surface area contributed by atoms with Crippen LogP contribution < -0.4 is 9.46 Å². The number of hydrogen-bond donors (Lipinski definition) is 1. The van der Waals surface area contributed by atoms with E-state index in [1.807, 2.05) is 0 Å². The van der Waals surface area contributed by atoms with E-state index in [2.05, 4.69) is 16.0 Å². The molecule has 0 radical (unpaired) electrons. The van der Waals surface area contributed by atoms with Crippen LogP contribution in [0.4, 0.5) is 8.78 Å². The molecule has 150 valence electrons. The maximum absolute atomic E-state index is 12.5. The minimum absolute atomic E-state index is 0.0367. The highest BCUT2D eigenvalue weighted by molar-refractivity contribution is 7.89. The number of hydrogen-bond acceptors (Lipinski definition) is 4. The van der Waals surface area contributed by atoms with E-state index in [9.17, 15) is 22.0 Å². The van der Waals surface area contributed by atoms with E-state index in [0.29, 0.717) is 5.56 Å². The fourth-order valence-corrected chi connectivity index (χ4v) is 3.37. The average molecular weight is 410 g/mol. The van der Waals surface area contributed by atoms with Crippen LogP contribution in [0.2, 0.25) is 0 Å². The van der Waals surface area contributed by atoms with Crippen LogP contribution in [-0.2, 0) is 16.6 Å². The maximum atomic E-state index is 12.5. The Morgan fingerprint density at radius 2 is 1.79 bits per heavy atom. The molecule has 0 aliphatic rings. The Labute approximate surface area is 162 Å². The quantitative estimate of drug-likeness (QED) is 0.645. The van der Waals surface area contributed by atoms with E-state index in [1.54, 1.807) is 19.2 Å². The molecular formula is C19H20F2N2O4S. The first-order valence-corrected chi connectivity index (χ1v) is 9.71. The summed E-state index contributed by atoms with van der Waals surface area (Å²) in [5.74, 6) is -0.273. The number of nitrogens with zero attached hydrogens (tertiary/aromatic N) is 1. The summed E-state index contributed by atoms with van der Waals surface area (Å²) in [5, 5.41) is 0. The number of nitrogens with one attached hydrogen (secondary N) is 1. The Bertz CT molecular complexity index is 914. The number of carbonyl (C=O) groups is 1. The monoisotopic (exact) mass is 410 g/mol. The summed E-state index contributed by atoms with van der Waals surface area (Å²) in [7, 11) is -2.07. The number of halogens is 2. The van der Waals surface area contributed by atoms with Crippen LogP contribution in [0, 0.1) is 0 Å². The molecule has 0 aliphatic heterocycles. The molecule has 6 nitrogen and oxygen atoms in total. The summed E-state index contributed by atoms with van der Waals surface area (Å²) < 4.78 is 55.0. The van der Waals surface area contributed by atoms with Gasteiger partial charge in [-0.15, -0.1) is 6.58 Å². The summed E-state index contributed by atoms with van der Waals surface area (Å²) in [6.45, 7) is 0.903. The Morgan fingerprint density at radius 3 is 2.32 bits per heavy atom. The molecule has 1 amide bonds. The predicted octanol–water partition coefficient (Wildman–Crippen LogP) is 3.02. The lowest BCUT2D eigenvalue weighted by Gasteiger charge is -2.18. The minimum atomic E-state index is -3.66. The molecule has 0 saturated carbocycles. The fourth-order valence-electron chi connectivity index (χ4n) is 2.37. The van der Waals surface area contributed by atoms with Crippen molar-refractivity contribution in [2.45, 2.75) is 18.1 Å². The van der Waals surface area contributed by atoms with Crippen LogP contribution in [0.5, 0.6) is 5.75 Å². The Kier molecular flexibility index (Phi) is 7.24. The van der Waals surface area contributed by atoms with Gasteiger partial charge in [-0.1, -0.05) is 18.2 Å². The summed E-state index contributed by atoms with van der Waals surface area (Å²) in [4.78, 5) is 14.0. The number of carbonyl (C=O) groups excluding carboxylic acids is 1. The number of alkyl halides is 2. The molecule has 0 saturated heterocycles. The molecule has 2 rings (SSSR count). The first-order valence-electron chi connectivity index (χ1n) is 8.23. The van der Waals surface area contributed by atoms with E-state index in [0.717, 1.165) is 5.56 Å². The lowest BCUT2D eigenvalue weighted by Crippen LogP contribution is -2.26. The molecular weight excluding hydrogens is 390 g/mol. The van der Waals surface area contributed by atoms with Crippen LogP contribution in [0.25, 0.3) is 0 Å². The third-order valence-corrected chi connectivity index (χ3v) is 5.18. The zero-order valence-electron chi connectivity index (χ0n) is 15.1. The van der Waals surface area contributed by atoms with Crippen LogP contribution in [-0.4, -0.2) is 39.4 Å². The molecule has 0 spiro atoms. The first kappa shape index (κ1) is 21.5. The number of sulfonamides is 1. The van der Waals surface area contributed by atoms with Gasteiger partial charge < -0.3 is 9.64 Å². The Hall–Kier alpha value is -2.78. The van der Waals surface area contributed by atoms with E-state index < -0.39 is 16.6 Å². The third kappa shape index (κ3) is 5.86. The molecule has 0 bridgehead atoms. The fraction of sp³-hybridized carbons (Fsp3) is 0.211. The van der Waals surface area contributed by atoms with Crippen molar-refractivity contribution in [1.82, 2.24) is 9.62 Å². The van der Waals surface area contributed by atoms with Gasteiger partial charge in [0.2, 0.25) is 10.0 Å². The lowest BCUT2D eigenvalue weighted by molar-refractivity contribution is -0.0498. The summed E-state index contributed by atoms with van der Waals surface area (Å²) in [5.41, 5.74) is 1.05. The molecule has 0 unspecified atom stereocenters. The van der Waals surface area contributed by atoms with Crippen molar-refractivity contribution in [2.75, 3.05) is 13.6 Å². The van der Waals surface area contributed by atoms with Gasteiger partial charge in [-0.05, 0) is 42.0 Å². The van der Waals surface area contributed by atoms with Crippen LogP contribution in [0.15, 0.2) is 66.1 Å². The highest BCUT2D eigenvalue weighted by atomic mass is 32.2. The standard InChI is InChI=1S/C19H20F2N2O4S/c1-3-12-22-28(25,26)17-10-6-15(7-11-17)18(24)23(2)13-14-4-8-16(9-5-14)27-19(20)21/h3-11,19,22H,1,12-13H2,2H3. The average Bonchev–Trinajstić information content (AvgIpc) is 2.67. The van der Waals surface area contributed by atoms with Crippen molar-refractivity contribution in [1.29, 1.82) is 0 Å². The SMILES string of the molecule is C=CCNS(=O)(=O)c1ccc(C(=O)N(C)Cc2ccc(OC(F)F)cc2)cc1. The zero-order chi connectivity index (χ0) is 20.7. The molecule has 1 N–H and O–H groups in total. The van der Waals surface area contributed by atoms with Gasteiger partial charge in [0.15, 0.2) is 0 Å². The second-order valence-corrected chi connectivity index (χ2v) is 7.62. The van der Waals surface area contributed by atoms with Gasteiger partial charge in [-0.25, -0.2) is 13.1 Å². The maximum Gasteiger partial charge on any atom is 0.387 e. The summed E-state index contributed by atoms with van der Waals surface area (Å²) in [6.07, 6.45) is 1.43. The highest BCUT2D eigenvalue weighted by Crippen LogP contribution is 2.17. The largest absolute Gasteiger partial charge is 0.435 e. The van der Waals surface area contributed by atoms with E-state index in [-0.39, 0.29) is 29.6 Å².